The number of ether oxygens (including phenoxy) is 4. The molecule has 8 atom stereocenters. The van der Waals surface area contributed by atoms with Crippen LogP contribution < -0.4 is 0 Å². The summed E-state index contributed by atoms with van der Waals surface area (Å²) in [5, 5.41) is 0. The van der Waals surface area contributed by atoms with Gasteiger partial charge in [0, 0.05) is 0 Å². The van der Waals surface area contributed by atoms with Gasteiger partial charge in [-0.25, -0.2) is 0 Å². The first-order valence-corrected chi connectivity index (χ1v) is 12.8. The molecule has 0 heterocycles. The molecule has 9 heteroatoms. The van der Waals surface area contributed by atoms with Crippen molar-refractivity contribution in [3.8, 4) is 0 Å². The normalized spacial score (nSPS) is 22.8. The molecule has 0 aromatic carbocycles. The summed E-state index contributed by atoms with van der Waals surface area (Å²) in [6.45, 7) is 15.4. The fourth-order valence-corrected chi connectivity index (χ4v) is 6.79. The van der Waals surface area contributed by atoms with Crippen LogP contribution in [0.25, 0.3) is 0 Å². The van der Waals surface area contributed by atoms with Gasteiger partial charge in [-0.1, -0.05) is 0 Å². The van der Waals surface area contributed by atoms with Crippen molar-refractivity contribution in [1.82, 2.24) is 0 Å². The van der Waals surface area contributed by atoms with Gasteiger partial charge in [0.25, 0.3) is 0 Å². The molecule has 0 rings (SSSR count). The van der Waals surface area contributed by atoms with Crippen molar-refractivity contribution in [1.29, 1.82) is 0 Å². The summed E-state index contributed by atoms with van der Waals surface area (Å²) in [4.78, 5) is 0. The van der Waals surface area contributed by atoms with Crippen molar-refractivity contribution in [2.75, 3.05) is 28.4 Å². The molecule has 29 heavy (non-hydrogen) atoms. The first-order chi connectivity index (χ1) is 13.5. The van der Waals surface area contributed by atoms with Gasteiger partial charge in [0.05, 0.1) is 0 Å². The molecule has 0 aliphatic rings. The van der Waals surface area contributed by atoms with E-state index in [0.29, 0.717) is 0 Å². The molecular formula is C20H44O8Ti. The van der Waals surface area contributed by atoms with Crippen molar-refractivity contribution < 1.29 is 50.4 Å². The molecule has 0 aromatic rings. The van der Waals surface area contributed by atoms with Gasteiger partial charge in [0.2, 0.25) is 0 Å². The molecule has 0 fully saturated rings. The Morgan fingerprint density at radius 1 is 0.345 bits per heavy atom. The Morgan fingerprint density at radius 3 is 0.655 bits per heavy atom. The quantitative estimate of drug-likeness (QED) is 0.324. The number of methoxy groups -OCH3 is 4. The van der Waals surface area contributed by atoms with Crippen LogP contribution >= 0.6 is 0 Å². The monoisotopic (exact) mass is 460 g/mol. The first-order valence-electron chi connectivity index (χ1n) is 10.3. The summed E-state index contributed by atoms with van der Waals surface area (Å²) in [6.07, 6.45) is -1.90. The third kappa shape index (κ3) is 10.0. The molecule has 0 saturated carbocycles. The van der Waals surface area contributed by atoms with Crippen LogP contribution in [-0.4, -0.2) is 77.3 Å². The SMILES string of the molecule is COC(C)C(C)[O][Ti]([O]C(C)C(C)OC)([O]C(C)C(C)OC)[O]C(C)C(C)OC. The molecule has 0 aliphatic carbocycles. The molecular weight excluding hydrogens is 416 g/mol. The molecule has 0 saturated heterocycles. The van der Waals surface area contributed by atoms with E-state index in [4.69, 9.17) is 32.2 Å². The van der Waals surface area contributed by atoms with Gasteiger partial charge in [-0.15, -0.1) is 0 Å². The second-order valence-electron chi connectivity index (χ2n) is 7.56. The molecule has 0 N–H and O–H groups in total. The van der Waals surface area contributed by atoms with E-state index in [-0.39, 0.29) is 48.8 Å². The average molecular weight is 460 g/mol. The van der Waals surface area contributed by atoms with Crippen LogP contribution in [0.15, 0.2) is 0 Å². The van der Waals surface area contributed by atoms with Crippen LogP contribution in [-0.2, 0) is 50.4 Å². The molecule has 8 unspecified atom stereocenters. The minimum absolute atomic E-state index is 0.170. The maximum absolute atomic E-state index is 6.42. The molecule has 0 amide bonds. The van der Waals surface area contributed by atoms with E-state index in [1.165, 1.54) is 0 Å². The van der Waals surface area contributed by atoms with Gasteiger partial charge in [0.15, 0.2) is 0 Å². The second kappa shape index (κ2) is 14.5. The number of rotatable bonds is 16. The zero-order valence-corrected chi connectivity index (χ0v) is 21.9. The summed E-state index contributed by atoms with van der Waals surface area (Å²) in [5.41, 5.74) is 0. The zero-order valence-electron chi connectivity index (χ0n) is 20.4. The van der Waals surface area contributed by atoms with Crippen molar-refractivity contribution in [2.24, 2.45) is 0 Å². The van der Waals surface area contributed by atoms with Gasteiger partial charge in [-0.3, -0.25) is 0 Å². The van der Waals surface area contributed by atoms with Gasteiger partial charge in [-0.2, -0.15) is 0 Å². The van der Waals surface area contributed by atoms with E-state index < -0.39 is 18.1 Å². The Hall–Kier alpha value is 0.394. The summed E-state index contributed by atoms with van der Waals surface area (Å²) in [5.74, 6) is 0. The molecule has 0 aromatic heterocycles. The van der Waals surface area contributed by atoms with E-state index in [9.17, 15) is 0 Å². The molecule has 0 bridgehead atoms. The van der Waals surface area contributed by atoms with Gasteiger partial charge >= 0.3 is 183 Å². The predicted octanol–water partition coefficient (Wildman–Crippen LogP) is 3.56. The molecule has 8 nitrogen and oxygen atoms in total. The average Bonchev–Trinajstić information content (AvgIpc) is 2.70. The van der Waals surface area contributed by atoms with Crippen LogP contribution in [0, 0.1) is 0 Å². The van der Waals surface area contributed by atoms with Crippen molar-refractivity contribution in [3.05, 3.63) is 0 Å². The van der Waals surface area contributed by atoms with Crippen molar-refractivity contribution in [3.63, 3.8) is 0 Å². The Balaban J connectivity index is 5.97. The van der Waals surface area contributed by atoms with Crippen LogP contribution in [0.4, 0.5) is 0 Å². The van der Waals surface area contributed by atoms with E-state index in [2.05, 4.69) is 0 Å². The molecule has 0 aliphatic heterocycles. The third-order valence-corrected chi connectivity index (χ3v) is 9.58. The van der Waals surface area contributed by atoms with Crippen LogP contribution in [0.2, 0.25) is 0 Å². The molecule has 0 radical (unpaired) electrons. The van der Waals surface area contributed by atoms with Crippen LogP contribution in [0.5, 0.6) is 0 Å². The van der Waals surface area contributed by atoms with Crippen LogP contribution in [0.1, 0.15) is 55.4 Å². The second-order valence-corrected chi connectivity index (χ2v) is 10.6. The third-order valence-electron chi connectivity index (χ3n) is 5.45. The summed E-state index contributed by atoms with van der Waals surface area (Å²) in [7, 11) is 6.57. The Morgan fingerprint density at radius 2 is 0.517 bits per heavy atom. The van der Waals surface area contributed by atoms with Crippen LogP contribution in [0.3, 0.4) is 0 Å². The van der Waals surface area contributed by atoms with Crippen molar-refractivity contribution in [2.45, 2.75) is 104 Å². The molecule has 0 spiro atoms. The zero-order chi connectivity index (χ0) is 22.8. The Labute approximate surface area is 183 Å². The first kappa shape index (κ1) is 29.4. The van der Waals surface area contributed by atoms with E-state index in [1.54, 1.807) is 28.4 Å². The topological polar surface area (TPSA) is 73.8 Å². The Bertz CT molecular complexity index is 350. The standard InChI is InChI=1S/4C5H11O2.Ti/c4*1-4(6)5(2)7-3;/h4*4-5H,1-3H3;/q4*-1;+4. The summed E-state index contributed by atoms with van der Waals surface area (Å²) < 4.78 is 47.4. The van der Waals surface area contributed by atoms with E-state index in [0.717, 1.165) is 0 Å². The Kier molecular flexibility index (Phi) is 14.7. The number of hydrogen-bond acceptors (Lipinski definition) is 8. The fourth-order valence-electron chi connectivity index (χ4n) is 2.23. The number of hydrogen-bond donors (Lipinski definition) is 0. The predicted molar refractivity (Wildman–Crippen MR) is 108 cm³/mol. The van der Waals surface area contributed by atoms with Gasteiger partial charge < -0.3 is 0 Å². The van der Waals surface area contributed by atoms with Crippen molar-refractivity contribution >= 4 is 0 Å². The fraction of sp³-hybridized carbons (Fsp3) is 1.00. The summed E-state index contributed by atoms with van der Waals surface area (Å²) >= 11 is -4.34. The van der Waals surface area contributed by atoms with Gasteiger partial charge in [0.1, 0.15) is 0 Å². The minimum atomic E-state index is -4.34. The van der Waals surface area contributed by atoms with E-state index in [1.807, 2.05) is 55.4 Å². The maximum atomic E-state index is 6.42. The molecule has 176 valence electrons. The van der Waals surface area contributed by atoms with E-state index >= 15 is 0 Å². The van der Waals surface area contributed by atoms with Gasteiger partial charge in [-0.05, 0) is 0 Å². The summed E-state index contributed by atoms with van der Waals surface area (Å²) in [6, 6.07) is 0.